The van der Waals surface area contributed by atoms with Crippen molar-refractivity contribution in [2.45, 2.75) is 37.6 Å². The number of hydrogen-bond acceptors (Lipinski definition) is 2. The summed E-state index contributed by atoms with van der Waals surface area (Å²) in [7, 11) is 0. The average Bonchev–Trinajstić information content (AvgIpc) is 3.32. The van der Waals surface area contributed by atoms with E-state index in [9.17, 15) is 13.6 Å². The van der Waals surface area contributed by atoms with E-state index in [4.69, 9.17) is 5.11 Å². The zero-order valence-corrected chi connectivity index (χ0v) is 11.7. The highest BCUT2D eigenvalue weighted by Crippen LogP contribution is 2.49. The highest BCUT2D eigenvalue weighted by Gasteiger charge is 2.47. The second kappa shape index (κ2) is 5.72. The molecule has 2 N–H and O–H groups in total. The van der Waals surface area contributed by atoms with Gasteiger partial charge in [-0.15, -0.1) is 0 Å². The Morgan fingerprint density at radius 3 is 2.57 bits per heavy atom. The number of carbonyl (C=O) groups is 1. The lowest BCUT2D eigenvalue weighted by molar-refractivity contribution is -0.123. The van der Waals surface area contributed by atoms with Crippen LogP contribution in [0.1, 0.15) is 37.2 Å². The molecule has 1 aromatic rings. The van der Waals surface area contributed by atoms with Gasteiger partial charge in [0.1, 0.15) is 11.6 Å². The molecule has 2 saturated carbocycles. The van der Waals surface area contributed by atoms with Gasteiger partial charge in [0.2, 0.25) is 5.91 Å². The monoisotopic (exact) mass is 295 g/mol. The lowest BCUT2D eigenvalue weighted by Gasteiger charge is -2.17. The zero-order chi connectivity index (χ0) is 15.0. The molecule has 3 atom stereocenters. The Hall–Kier alpha value is -1.49. The first kappa shape index (κ1) is 14.4. The largest absolute Gasteiger partial charge is 0.396 e. The molecule has 21 heavy (non-hydrogen) atoms. The topological polar surface area (TPSA) is 49.3 Å². The van der Waals surface area contributed by atoms with Crippen LogP contribution in [-0.2, 0) is 4.79 Å². The van der Waals surface area contributed by atoms with E-state index in [1.54, 1.807) is 0 Å². The third-order valence-electron chi connectivity index (χ3n) is 4.46. The number of aliphatic hydroxyl groups is 1. The van der Waals surface area contributed by atoms with Gasteiger partial charge in [0.25, 0.3) is 0 Å². The number of halogens is 2. The van der Waals surface area contributed by atoms with Crippen molar-refractivity contribution >= 4 is 5.91 Å². The van der Waals surface area contributed by atoms with Crippen molar-refractivity contribution in [2.75, 3.05) is 6.61 Å². The van der Waals surface area contributed by atoms with E-state index in [1.165, 1.54) is 18.2 Å². The van der Waals surface area contributed by atoms with Gasteiger partial charge < -0.3 is 10.4 Å². The summed E-state index contributed by atoms with van der Waals surface area (Å²) < 4.78 is 27.4. The molecule has 1 amide bonds. The van der Waals surface area contributed by atoms with Gasteiger partial charge in [-0.25, -0.2) is 8.78 Å². The Bertz CT molecular complexity index is 525. The molecule has 0 heterocycles. The Morgan fingerprint density at radius 1 is 1.33 bits per heavy atom. The summed E-state index contributed by atoms with van der Waals surface area (Å²) in [6.07, 6.45) is 3.17. The van der Waals surface area contributed by atoms with Crippen LogP contribution in [0, 0.1) is 23.5 Å². The van der Waals surface area contributed by atoms with Crippen molar-refractivity contribution < 1.29 is 18.7 Å². The fourth-order valence-corrected chi connectivity index (χ4v) is 3.02. The SMILES string of the molecule is O=C(NC(CCO)C1CC1)C1CC1c1c(F)cccc1F. The zero-order valence-electron chi connectivity index (χ0n) is 11.7. The van der Waals surface area contributed by atoms with Crippen LogP contribution in [0.4, 0.5) is 8.78 Å². The van der Waals surface area contributed by atoms with Crippen LogP contribution in [0.2, 0.25) is 0 Å². The van der Waals surface area contributed by atoms with Gasteiger partial charge in [0.05, 0.1) is 0 Å². The molecule has 0 aliphatic heterocycles. The van der Waals surface area contributed by atoms with Crippen LogP contribution in [-0.4, -0.2) is 23.7 Å². The second-order valence-corrected chi connectivity index (χ2v) is 6.05. The van der Waals surface area contributed by atoms with E-state index >= 15 is 0 Å². The molecule has 0 bridgehead atoms. The van der Waals surface area contributed by atoms with Crippen LogP contribution in [0.5, 0.6) is 0 Å². The van der Waals surface area contributed by atoms with Crippen LogP contribution in [0.3, 0.4) is 0 Å². The van der Waals surface area contributed by atoms with Crippen molar-refractivity contribution in [1.29, 1.82) is 0 Å². The lowest BCUT2D eigenvalue weighted by Crippen LogP contribution is -2.38. The van der Waals surface area contributed by atoms with Gasteiger partial charge in [0, 0.05) is 30.0 Å². The molecule has 2 aliphatic carbocycles. The maximum absolute atomic E-state index is 13.7. The van der Waals surface area contributed by atoms with E-state index in [2.05, 4.69) is 5.32 Å². The summed E-state index contributed by atoms with van der Waals surface area (Å²) in [6.45, 7) is 0.0392. The van der Waals surface area contributed by atoms with E-state index < -0.39 is 11.6 Å². The average molecular weight is 295 g/mol. The fourth-order valence-electron chi connectivity index (χ4n) is 3.02. The Morgan fingerprint density at radius 2 is 2.00 bits per heavy atom. The molecule has 0 spiro atoms. The maximum atomic E-state index is 13.7. The number of benzene rings is 1. The normalized spacial score (nSPS) is 25.5. The number of nitrogens with one attached hydrogen (secondary N) is 1. The molecule has 2 fully saturated rings. The first-order valence-electron chi connectivity index (χ1n) is 7.47. The number of rotatable bonds is 6. The van der Waals surface area contributed by atoms with Gasteiger partial charge in [0.15, 0.2) is 0 Å². The quantitative estimate of drug-likeness (QED) is 0.846. The maximum Gasteiger partial charge on any atom is 0.223 e. The summed E-state index contributed by atoms with van der Waals surface area (Å²) >= 11 is 0. The molecule has 0 saturated heterocycles. The summed E-state index contributed by atoms with van der Waals surface area (Å²) in [5.41, 5.74) is 0.0304. The Balaban J connectivity index is 1.63. The predicted molar refractivity (Wildman–Crippen MR) is 73.6 cm³/mol. The van der Waals surface area contributed by atoms with Crippen molar-refractivity contribution in [3.63, 3.8) is 0 Å². The van der Waals surface area contributed by atoms with Crippen LogP contribution < -0.4 is 5.32 Å². The molecule has 0 aromatic heterocycles. The number of hydrogen-bond donors (Lipinski definition) is 2. The van der Waals surface area contributed by atoms with Crippen LogP contribution in [0.25, 0.3) is 0 Å². The molecular formula is C16H19F2NO2. The third kappa shape index (κ3) is 3.07. The van der Waals surface area contributed by atoms with Crippen molar-refractivity contribution in [3.8, 4) is 0 Å². The number of aliphatic hydroxyl groups excluding tert-OH is 1. The van der Waals surface area contributed by atoms with Gasteiger partial charge in [-0.3, -0.25) is 4.79 Å². The Labute approximate surface area is 122 Å². The number of amides is 1. The number of carbonyl (C=O) groups excluding carboxylic acids is 1. The van der Waals surface area contributed by atoms with E-state index in [0.717, 1.165) is 12.8 Å². The van der Waals surface area contributed by atoms with Gasteiger partial charge in [-0.05, 0) is 43.7 Å². The second-order valence-electron chi connectivity index (χ2n) is 6.05. The Kier molecular flexibility index (Phi) is 3.93. The highest BCUT2D eigenvalue weighted by atomic mass is 19.1. The summed E-state index contributed by atoms with van der Waals surface area (Å²) in [5, 5.41) is 12.0. The minimum Gasteiger partial charge on any atom is -0.396 e. The van der Waals surface area contributed by atoms with Crippen molar-refractivity contribution in [3.05, 3.63) is 35.4 Å². The van der Waals surface area contributed by atoms with E-state index in [0.29, 0.717) is 18.8 Å². The first-order chi connectivity index (χ1) is 10.1. The predicted octanol–water partition coefficient (Wildman–Crippen LogP) is 2.35. The molecule has 2 aliphatic rings. The van der Waals surface area contributed by atoms with Crippen LogP contribution in [0.15, 0.2) is 18.2 Å². The summed E-state index contributed by atoms with van der Waals surface area (Å²) in [6, 6.07) is 3.78. The van der Waals surface area contributed by atoms with Gasteiger partial charge >= 0.3 is 0 Å². The standard InChI is InChI=1S/C16H19F2NO2/c17-12-2-1-3-13(18)15(12)10-8-11(10)16(21)19-14(6-7-20)9-4-5-9/h1-3,9-11,14,20H,4-8H2,(H,19,21). The fraction of sp³-hybridized carbons (Fsp3) is 0.562. The third-order valence-corrected chi connectivity index (χ3v) is 4.46. The first-order valence-corrected chi connectivity index (χ1v) is 7.47. The highest BCUT2D eigenvalue weighted by molar-refractivity contribution is 5.83. The molecule has 5 heteroatoms. The van der Waals surface area contributed by atoms with Gasteiger partial charge in [-0.2, -0.15) is 0 Å². The molecule has 3 unspecified atom stereocenters. The lowest BCUT2D eigenvalue weighted by atomic mass is 10.1. The molecule has 1 aromatic carbocycles. The molecule has 3 rings (SSSR count). The van der Waals surface area contributed by atoms with E-state index in [-0.39, 0.29) is 36.0 Å². The molecule has 3 nitrogen and oxygen atoms in total. The molecular weight excluding hydrogens is 276 g/mol. The van der Waals surface area contributed by atoms with E-state index in [1.807, 2.05) is 0 Å². The van der Waals surface area contributed by atoms with Gasteiger partial charge in [-0.1, -0.05) is 6.07 Å². The minimum absolute atomic E-state index is 0.00535. The van der Waals surface area contributed by atoms with Crippen molar-refractivity contribution in [2.24, 2.45) is 11.8 Å². The molecule has 0 radical (unpaired) electrons. The minimum atomic E-state index is -0.579. The summed E-state index contributed by atoms with van der Waals surface area (Å²) in [5.74, 6) is -1.57. The summed E-state index contributed by atoms with van der Waals surface area (Å²) in [4.78, 5) is 12.2. The molecule has 114 valence electrons. The van der Waals surface area contributed by atoms with Crippen molar-refractivity contribution in [1.82, 2.24) is 5.32 Å². The van der Waals surface area contributed by atoms with Crippen LogP contribution >= 0.6 is 0 Å². The smallest absolute Gasteiger partial charge is 0.223 e.